The molecule has 2 rings (SSSR count). The number of H-pyrrole nitrogens is 1. The van der Waals surface area contributed by atoms with Crippen LogP contribution in [0.3, 0.4) is 0 Å². The lowest BCUT2D eigenvalue weighted by atomic mass is 9.95. The summed E-state index contributed by atoms with van der Waals surface area (Å²) in [5.41, 5.74) is -0.615. The van der Waals surface area contributed by atoms with Gasteiger partial charge in [-0.05, 0) is 13.0 Å². The number of amides is 3. The highest BCUT2D eigenvalue weighted by Crippen LogP contribution is 2.28. The Kier molecular flexibility index (Phi) is 2.38. The Morgan fingerprint density at radius 3 is 2.76 bits per heavy atom. The largest absolute Gasteiger partial charge is 0.480 e. The Hall–Kier alpha value is -2.31. The number of aromatic nitrogens is 1. The summed E-state index contributed by atoms with van der Waals surface area (Å²) in [5, 5.41) is 11.1. The lowest BCUT2D eigenvalue weighted by molar-refractivity contribution is -0.142. The second kappa shape index (κ2) is 3.62. The van der Waals surface area contributed by atoms with Crippen LogP contribution < -0.4 is 5.32 Å². The van der Waals surface area contributed by atoms with Crippen LogP contribution in [0.5, 0.6) is 0 Å². The van der Waals surface area contributed by atoms with E-state index in [0.717, 1.165) is 0 Å². The quantitative estimate of drug-likeness (QED) is 0.637. The molecule has 0 bridgehead atoms. The summed E-state index contributed by atoms with van der Waals surface area (Å²) >= 11 is 0. The van der Waals surface area contributed by atoms with Crippen molar-refractivity contribution in [3.63, 3.8) is 0 Å². The molecule has 17 heavy (non-hydrogen) atoms. The minimum Gasteiger partial charge on any atom is -0.480 e. The van der Waals surface area contributed by atoms with Gasteiger partial charge in [0.2, 0.25) is 0 Å². The van der Waals surface area contributed by atoms with E-state index in [9.17, 15) is 14.4 Å². The summed E-state index contributed by atoms with van der Waals surface area (Å²) in [6.45, 7) is 0.906. The summed E-state index contributed by atoms with van der Waals surface area (Å²) in [6, 6.07) is 0.962. The third-order valence-electron chi connectivity index (χ3n) is 2.74. The van der Waals surface area contributed by atoms with Gasteiger partial charge in [-0.15, -0.1) is 0 Å². The average Bonchev–Trinajstić information content (AvgIpc) is 2.83. The number of hydrogen-bond donors (Lipinski definition) is 3. The van der Waals surface area contributed by atoms with Gasteiger partial charge in [0, 0.05) is 18.0 Å². The van der Waals surface area contributed by atoms with Gasteiger partial charge in [0.25, 0.3) is 5.91 Å². The molecule has 1 aromatic rings. The number of carboxylic acid groups (broad SMARTS) is 1. The smallest absolute Gasteiger partial charge is 0.325 e. The highest BCUT2D eigenvalue weighted by atomic mass is 16.4. The first-order valence-electron chi connectivity index (χ1n) is 4.94. The van der Waals surface area contributed by atoms with Gasteiger partial charge >= 0.3 is 12.0 Å². The van der Waals surface area contributed by atoms with Gasteiger partial charge in [0.05, 0.1) is 0 Å². The molecule has 3 amide bonds. The van der Waals surface area contributed by atoms with Crippen LogP contribution in [0.1, 0.15) is 12.5 Å². The highest BCUT2D eigenvalue weighted by molar-refractivity contribution is 6.08. The van der Waals surface area contributed by atoms with Crippen molar-refractivity contribution in [3.05, 3.63) is 24.0 Å². The number of urea groups is 1. The first kappa shape index (κ1) is 11.2. The molecule has 1 aromatic heterocycles. The third-order valence-corrected chi connectivity index (χ3v) is 2.74. The zero-order chi connectivity index (χ0) is 12.6. The lowest BCUT2D eigenvalue weighted by Crippen LogP contribution is -2.41. The van der Waals surface area contributed by atoms with Crippen molar-refractivity contribution in [2.24, 2.45) is 0 Å². The van der Waals surface area contributed by atoms with E-state index in [2.05, 4.69) is 10.3 Å². The highest BCUT2D eigenvalue weighted by Gasteiger charge is 2.49. The number of carbonyl (C=O) groups is 3. The van der Waals surface area contributed by atoms with Crippen molar-refractivity contribution in [3.8, 4) is 0 Å². The fraction of sp³-hybridized carbons (Fsp3) is 0.300. The van der Waals surface area contributed by atoms with Crippen molar-refractivity contribution >= 4 is 17.9 Å². The minimum absolute atomic E-state index is 0.565. The van der Waals surface area contributed by atoms with Crippen LogP contribution in [0.15, 0.2) is 18.5 Å². The maximum Gasteiger partial charge on any atom is 0.325 e. The van der Waals surface area contributed by atoms with Gasteiger partial charge < -0.3 is 15.4 Å². The van der Waals surface area contributed by atoms with Crippen LogP contribution in [-0.2, 0) is 15.1 Å². The molecule has 90 valence electrons. The Bertz CT molecular complexity index is 482. The van der Waals surface area contributed by atoms with Crippen LogP contribution >= 0.6 is 0 Å². The summed E-state index contributed by atoms with van der Waals surface area (Å²) < 4.78 is 0. The first-order valence-corrected chi connectivity index (χ1v) is 4.94. The van der Waals surface area contributed by atoms with Gasteiger partial charge in [0.1, 0.15) is 12.1 Å². The Balaban J connectivity index is 2.32. The molecule has 1 fully saturated rings. The van der Waals surface area contributed by atoms with Crippen LogP contribution in [0.25, 0.3) is 0 Å². The van der Waals surface area contributed by atoms with Gasteiger partial charge in [-0.3, -0.25) is 14.5 Å². The molecule has 1 unspecified atom stereocenters. The van der Waals surface area contributed by atoms with E-state index in [1.165, 1.54) is 6.92 Å². The Labute approximate surface area is 96.4 Å². The summed E-state index contributed by atoms with van der Waals surface area (Å²) in [4.78, 5) is 37.6. The maximum absolute atomic E-state index is 12.0. The molecule has 1 aliphatic rings. The fourth-order valence-corrected chi connectivity index (χ4v) is 1.81. The van der Waals surface area contributed by atoms with Crippen molar-refractivity contribution < 1.29 is 19.5 Å². The van der Waals surface area contributed by atoms with Crippen molar-refractivity contribution in [1.82, 2.24) is 15.2 Å². The molecule has 7 nitrogen and oxygen atoms in total. The van der Waals surface area contributed by atoms with Crippen LogP contribution in [0.4, 0.5) is 4.79 Å². The lowest BCUT2D eigenvalue weighted by Gasteiger charge is -2.19. The molecule has 0 aromatic carbocycles. The first-order chi connectivity index (χ1) is 7.95. The molecule has 1 saturated heterocycles. The van der Waals surface area contributed by atoms with Crippen LogP contribution in [0, 0.1) is 0 Å². The van der Waals surface area contributed by atoms with E-state index in [-0.39, 0.29) is 0 Å². The Morgan fingerprint density at radius 1 is 1.53 bits per heavy atom. The number of nitrogens with zero attached hydrogens (tertiary/aromatic N) is 1. The molecule has 0 radical (unpaired) electrons. The molecule has 3 N–H and O–H groups in total. The standard InChI is InChI=1S/C10H11N3O4/c1-10(6-2-3-11-4-6)8(16)13(5-7(14)15)9(17)12-10/h2-4,11H,5H2,1H3,(H,12,17)(H,14,15). The number of carboxylic acids is 1. The number of hydrogen-bond acceptors (Lipinski definition) is 3. The van der Waals surface area contributed by atoms with Crippen molar-refractivity contribution in [2.75, 3.05) is 6.54 Å². The zero-order valence-electron chi connectivity index (χ0n) is 9.06. The Morgan fingerprint density at radius 2 is 2.24 bits per heavy atom. The van der Waals surface area contributed by atoms with Gasteiger partial charge in [-0.25, -0.2) is 4.79 Å². The van der Waals surface area contributed by atoms with E-state index in [4.69, 9.17) is 5.11 Å². The molecule has 0 spiro atoms. The molecular formula is C10H11N3O4. The SMILES string of the molecule is CC1(c2cc[nH]c2)NC(=O)N(CC(=O)O)C1=O. The van der Waals surface area contributed by atoms with E-state index in [1.54, 1.807) is 18.5 Å². The zero-order valence-corrected chi connectivity index (χ0v) is 9.06. The van der Waals surface area contributed by atoms with E-state index in [1.807, 2.05) is 0 Å². The van der Waals surface area contributed by atoms with Crippen molar-refractivity contribution in [1.29, 1.82) is 0 Å². The third kappa shape index (κ3) is 1.65. The predicted molar refractivity (Wildman–Crippen MR) is 56.0 cm³/mol. The number of imide groups is 1. The summed E-state index contributed by atoms with van der Waals surface area (Å²) in [6.07, 6.45) is 3.21. The fourth-order valence-electron chi connectivity index (χ4n) is 1.81. The van der Waals surface area contributed by atoms with Gasteiger partial charge in [0.15, 0.2) is 0 Å². The molecule has 0 saturated carbocycles. The topological polar surface area (TPSA) is 102 Å². The molecule has 1 atom stereocenters. The normalized spacial score (nSPS) is 23.9. The molecule has 7 heteroatoms. The average molecular weight is 237 g/mol. The minimum atomic E-state index is -1.23. The van der Waals surface area contributed by atoms with Crippen LogP contribution in [-0.4, -0.2) is 39.4 Å². The number of nitrogens with one attached hydrogen (secondary N) is 2. The molecule has 1 aliphatic heterocycles. The second-order valence-corrected chi connectivity index (χ2v) is 3.94. The number of aromatic amines is 1. The maximum atomic E-state index is 12.0. The van der Waals surface area contributed by atoms with E-state index in [0.29, 0.717) is 10.5 Å². The van der Waals surface area contributed by atoms with Crippen molar-refractivity contribution in [2.45, 2.75) is 12.5 Å². The predicted octanol–water partition coefficient (Wildman–Crippen LogP) is -0.134. The van der Waals surface area contributed by atoms with E-state index < -0.39 is 30.0 Å². The molecular weight excluding hydrogens is 226 g/mol. The van der Waals surface area contributed by atoms with Crippen LogP contribution in [0.2, 0.25) is 0 Å². The molecule has 2 heterocycles. The summed E-state index contributed by atoms with van der Waals surface area (Å²) in [5.74, 6) is -1.80. The van der Waals surface area contributed by atoms with Gasteiger partial charge in [-0.2, -0.15) is 0 Å². The van der Waals surface area contributed by atoms with Gasteiger partial charge in [-0.1, -0.05) is 0 Å². The second-order valence-electron chi connectivity index (χ2n) is 3.94. The number of aliphatic carboxylic acids is 1. The van der Waals surface area contributed by atoms with E-state index >= 15 is 0 Å². The monoisotopic (exact) mass is 237 g/mol. The number of rotatable bonds is 3. The number of carbonyl (C=O) groups excluding carboxylic acids is 2. The molecule has 0 aliphatic carbocycles. The summed E-state index contributed by atoms with van der Waals surface area (Å²) in [7, 11) is 0.